The predicted octanol–water partition coefficient (Wildman–Crippen LogP) is 1.55. The quantitative estimate of drug-likeness (QED) is 0.666. The van der Waals surface area contributed by atoms with Gasteiger partial charge in [-0.25, -0.2) is 4.79 Å². The first-order chi connectivity index (χ1) is 10.6. The number of carbonyl (C=O) groups excluding carboxylic acids is 2. The van der Waals surface area contributed by atoms with Gasteiger partial charge in [-0.3, -0.25) is 4.79 Å². The van der Waals surface area contributed by atoms with Crippen LogP contribution in [0, 0.1) is 5.41 Å². The fraction of sp³-hybridized carbons (Fsp3) is 0.467. The molecular weight excluding hydrogens is 320 g/mol. The van der Waals surface area contributed by atoms with Crippen molar-refractivity contribution >= 4 is 35.7 Å². The van der Waals surface area contributed by atoms with Crippen molar-refractivity contribution in [3.63, 3.8) is 0 Å². The van der Waals surface area contributed by atoms with Crippen LogP contribution >= 0.6 is 12.4 Å². The molecule has 5 N–H and O–H groups in total. The van der Waals surface area contributed by atoms with Crippen molar-refractivity contribution in [1.82, 2.24) is 5.32 Å². The zero-order valence-corrected chi connectivity index (χ0v) is 13.9. The molecule has 1 aliphatic heterocycles. The van der Waals surface area contributed by atoms with Crippen molar-refractivity contribution in [3.8, 4) is 0 Å². The van der Waals surface area contributed by atoms with E-state index in [1.54, 1.807) is 24.3 Å². The highest BCUT2D eigenvalue weighted by Crippen LogP contribution is 2.31. The van der Waals surface area contributed by atoms with Crippen molar-refractivity contribution in [3.05, 3.63) is 24.3 Å². The van der Waals surface area contributed by atoms with Crippen LogP contribution in [0.15, 0.2) is 24.3 Å². The molecule has 0 spiro atoms. The van der Waals surface area contributed by atoms with Crippen LogP contribution in [0.1, 0.15) is 12.8 Å². The Balaban J connectivity index is 0.00000264. The van der Waals surface area contributed by atoms with Gasteiger partial charge in [0.1, 0.15) is 0 Å². The van der Waals surface area contributed by atoms with Crippen molar-refractivity contribution < 1.29 is 14.3 Å². The van der Waals surface area contributed by atoms with Gasteiger partial charge in [0.2, 0.25) is 5.91 Å². The number of halogens is 1. The van der Waals surface area contributed by atoms with Gasteiger partial charge >= 0.3 is 6.03 Å². The molecule has 1 aromatic carbocycles. The highest BCUT2D eigenvalue weighted by Gasteiger charge is 2.38. The normalized spacial score (nSPS) is 15.9. The molecule has 1 fully saturated rings. The molecule has 23 heavy (non-hydrogen) atoms. The summed E-state index contributed by atoms with van der Waals surface area (Å²) < 4.78 is 5.31. The van der Waals surface area contributed by atoms with Gasteiger partial charge in [0.15, 0.2) is 0 Å². The number of nitrogens with two attached hydrogens (primary N) is 1. The minimum atomic E-state index is -0.581. The molecule has 1 heterocycles. The van der Waals surface area contributed by atoms with Crippen molar-refractivity contribution in [2.75, 3.05) is 37.4 Å². The SMILES string of the molecule is CNC(=O)Nc1cccc(NC(=O)C2(CN)CCOCC2)c1.Cl. The Labute approximate surface area is 141 Å². The Morgan fingerprint density at radius 1 is 1.22 bits per heavy atom. The first-order valence-corrected chi connectivity index (χ1v) is 7.28. The van der Waals surface area contributed by atoms with E-state index in [1.807, 2.05) is 0 Å². The molecule has 0 aliphatic carbocycles. The van der Waals surface area contributed by atoms with Gasteiger partial charge < -0.3 is 26.4 Å². The summed E-state index contributed by atoms with van der Waals surface area (Å²) in [5, 5.41) is 8.02. The van der Waals surface area contributed by atoms with Gasteiger partial charge in [-0.15, -0.1) is 12.4 Å². The maximum atomic E-state index is 12.6. The number of ether oxygens (including phenoxy) is 1. The molecule has 0 unspecified atom stereocenters. The summed E-state index contributed by atoms with van der Waals surface area (Å²) in [4.78, 5) is 23.9. The van der Waals surface area contributed by atoms with Gasteiger partial charge in [-0.2, -0.15) is 0 Å². The molecule has 2 rings (SSSR count). The average Bonchev–Trinajstić information content (AvgIpc) is 2.55. The first-order valence-electron chi connectivity index (χ1n) is 7.28. The zero-order valence-electron chi connectivity index (χ0n) is 13.1. The fourth-order valence-electron chi connectivity index (χ4n) is 2.42. The number of hydrogen-bond acceptors (Lipinski definition) is 4. The molecule has 0 aromatic heterocycles. The number of hydrogen-bond donors (Lipinski definition) is 4. The summed E-state index contributed by atoms with van der Waals surface area (Å²) >= 11 is 0. The molecular formula is C15H23ClN4O3. The lowest BCUT2D eigenvalue weighted by Gasteiger charge is -2.34. The second kappa shape index (κ2) is 8.71. The lowest BCUT2D eigenvalue weighted by Crippen LogP contribution is -2.46. The molecule has 3 amide bonds. The van der Waals surface area contributed by atoms with Crippen molar-refractivity contribution in [2.45, 2.75) is 12.8 Å². The van der Waals surface area contributed by atoms with E-state index >= 15 is 0 Å². The van der Waals surface area contributed by atoms with Crippen LogP contribution in [0.2, 0.25) is 0 Å². The molecule has 128 valence electrons. The van der Waals surface area contributed by atoms with Gasteiger partial charge in [0, 0.05) is 38.2 Å². The van der Waals surface area contributed by atoms with E-state index in [1.165, 1.54) is 7.05 Å². The van der Waals surface area contributed by atoms with Crippen molar-refractivity contribution in [1.29, 1.82) is 0 Å². The van der Waals surface area contributed by atoms with E-state index in [4.69, 9.17) is 10.5 Å². The molecule has 1 saturated heterocycles. The molecule has 1 aromatic rings. The van der Waals surface area contributed by atoms with Gasteiger partial charge in [-0.1, -0.05) is 6.07 Å². The minimum Gasteiger partial charge on any atom is -0.381 e. The number of amides is 3. The zero-order chi connectivity index (χ0) is 16.0. The maximum absolute atomic E-state index is 12.6. The smallest absolute Gasteiger partial charge is 0.318 e. The monoisotopic (exact) mass is 342 g/mol. The maximum Gasteiger partial charge on any atom is 0.318 e. The van der Waals surface area contributed by atoms with E-state index in [9.17, 15) is 9.59 Å². The van der Waals surface area contributed by atoms with Crippen molar-refractivity contribution in [2.24, 2.45) is 11.1 Å². The number of urea groups is 1. The lowest BCUT2D eigenvalue weighted by atomic mass is 9.79. The molecule has 0 saturated carbocycles. The highest BCUT2D eigenvalue weighted by atomic mass is 35.5. The van der Waals surface area contributed by atoms with Crippen LogP contribution < -0.4 is 21.7 Å². The summed E-state index contributed by atoms with van der Waals surface area (Å²) in [6.45, 7) is 1.38. The molecule has 7 nitrogen and oxygen atoms in total. The second-order valence-corrected chi connectivity index (χ2v) is 5.34. The summed E-state index contributed by atoms with van der Waals surface area (Å²) in [6, 6.07) is 6.68. The largest absolute Gasteiger partial charge is 0.381 e. The van der Waals surface area contributed by atoms with Crippen LogP contribution in [0.5, 0.6) is 0 Å². The van der Waals surface area contributed by atoms with Crippen LogP contribution in [-0.2, 0) is 9.53 Å². The fourth-order valence-corrected chi connectivity index (χ4v) is 2.42. The summed E-state index contributed by atoms with van der Waals surface area (Å²) in [7, 11) is 1.54. The lowest BCUT2D eigenvalue weighted by molar-refractivity contribution is -0.130. The van der Waals surface area contributed by atoms with Gasteiger partial charge in [0.05, 0.1) is 5.41 Å². The Morgan fingerprint density at radius 2 is 1.83 bits per heavy atom. The van der Waals surface area contributed by atoms with Gasteiger partial charge in [-0.05, 0) is 31.0 Å². The molecule has 0 radical (unpaired) electrons. The summed E-state index contributed by atoms with van der Waals surface area (Å²) in [6.07, 6.45) is 1.23. The molecule has 0 atom stereocenters. The van der Waals surface area contributed by atoms with E-state index in [2.05, 4.69) is 16.0 Å². The van der Waals surface area contributed by atoms with E-state index in [0.717, 1.165) is 0 Å². The third-order valence-electron chi connectivity index (χ3n) is 3.93. The number of anilines is 2. The minimum absolute atomic E-state index is 0. The molecule has 1 aliphatic rings. The number of nitrogens with one attached hydrogen (secondary N) is 3. The highest BCUT2D eigenvalue weighted by molar-refractivity contribution is 5.96. The van der Waals surface area contributed by atoms with Crippen LogP contribution in [0.3, 0.4) is 0 Å². The van der Waals surface area contributed by atoms with Crippen LogP contribution in [-0.4, -0.2) is 38.7 Å². The molecule has 8 heteroatoms. The first kappa shape index (κ1) is 19.2. The standard InChI is InChI=1S/C15H22N4O3.ClH/c1-17-14(21)19-12-4-2-3-11(9-12)18-13(20)15(10-16)5-7-22-8-6-15;/h2-4,9H,5-8,10,16H2,1H3,(H,18,20)(H2,17,19,21);1H. The van der Waals surface area contributed by atoms with E-state index < -0.39 is 5.41 Å². The Bertz CT molecular complexity index is 547. The predicted molar refractivity (Wildman–Crippen MR) is 91.9 cm³/mol. The van der Waals surface area contributed by atoms with Crippen LogP contribution in [0.4, 0.5) is 16.2 Å². The van der Waals surface area contributed by atoms with Crippen LogP contribution in [0.25, 0.3) is 0 Å². The Hall–Kier alpha value is -1.83. The topological polar surface area (TPSA) is 105 Å². The summed E-state index contributed by atoms with van der Waals surface area (Å²) in [5.41, 5.74) is 6.47. The van der Waals surface area contributed by atoms with E-state index in [-0.39, 0.29) is 24.3 Å². The third-order valence-corrected chi connectivity index (χ3v) is 3.93. The number of benzene rings is 1. The molecule has 0 bridgehead atoms. The number of rotatable bonds is 4. The van der Waals surface area contributed by atoms with Gasteiger partial charge in [0.25, 0.3) is 0 Å². The second-order valence-electron chi connectivity index (χ2n) is 5.34. The summed E-state index contributed by atoms with van der Waals surface area (Å²) in [5.74, 6) is -0.101. The van der Waals surface area contributed by atoms with E-state index in [0.29, 0.717) is 44.0 Å². The Kier molecular flexibility index (Phi) is 7.28. The third kappa shape index (κ3) is 4.82. The number of carbonyl (C=O) groups is 2. The Morgan fingerprint density at radius 3 is 2.39 bits per heavy atom. The average molecular weight is 343 g/mol.